The lowest BCUT2D eigenvalue weighted by Gasteiger charge is -1.97. The monoisotopic (exact) mass is 184 g/mol. The molecule has 0 spiro atoms. The Morgan fingerprint density at radius 2 is 2.14 bits per heavy atom. The van der Waals surface area contributed by atoms with Gasteiger partial charge in [0, 0.05) is 18.6 Å². The van der Waals surface area contributed by atoms with E-state index in [2.05, 4.69) is 22.4 Å². The summed E-state index contributed by atoms with van der Waals surface area (Å²) in [6.45, 7) is 0. The Balaban J connectivity index is 2.46. The summed E-state index contributed by atoms with van der Waals surface area (Å²) < 4.78 is 0. The van der Waals surface area contributed by atoms with E-state index in [9.17, 15) is 0 Å². The van der Waals surface area contributed by atoms with Gasteiger partial charge < -0.3 is 5.32 Å². The van der Waals surface area contributed by atoms with Crippen LogP contribution in [0.25, 0.3) is 17.0 Å². The second-order valence-corrected chi connectivity index (χ2v) is 3.08. The minimum atomic E-state index is 1.04. The topological polar surface area (TPSA) is 24.9 Å². The van der Waals surface area contributed by atoms with Crippen LogP contribution in [-0.4, -0.2) is 12.0 Å². The number of hydrogen-bond acceptors (Lipinski definition) is 2. The molecule has 0 saturated heterocycles. The molecular weight excluding hydrogens is 172 g/mol. The summed E-state index contributed by atoms with van der Waals surface area (Å²) in [6.07, 6.45) is 5.77. The van der Waals surface area contributed by atoms with Crippen LogP contribution in [0.3, 0.4) is 0 Å². The van der Waals surface area contributed by atoms with Crippen molar-refractivity contribution in [2.45, 2.75) is 0 Å². The Morgan fingerprint density at radius 3 is 3.00 bits per heavy atom. The fraction of sp³-hybridized carbons (Fsp3) is 0.0833. The lowest BCUT2D eigenvalue weighted by atomic mass is 10.1. The zero-order chi connectivity index (χ0) is 9.80. The van der Waals surface area contributed by atoms with Crippen LogP contribution in [0.1, 0.15) is 5.56 Å². The number of aromatic nitrogens is 1. The highest BCUT2D eigenvalue weighted by Gasteiger charge is 1.93. The Hall–Kier alpha value is -1.83. The van der Waals surface area contributed by atoms with E-state index in [-0.39, 0.29) is 0 Å². The minimum Gasteiger partial charge on any atom is -0.394 e. The van der Waals surface area contributed by atoms with Crippen molar-refractivity contribution < 1.29 is 0 Å². The maximum atomic E-state index is 4.36. The molecule has 1 heterocycles. The first kappa shape index (κ1) is 8.75. The highest BCUT2D eigenvalue weighted by molar-refractivity contribution is 5.80. The van der Waals surface area contributed by atoms with Gasteiger partial charge in [0.2, 0.25) is 0 Å². The van der Waals surface area contributed by atoms with Crippen molar-refractivity contribution in [3.8, 4) is 0 Å². The lowest BCUT2D eigenvalue weighted by molar-refractivity contribution is 1.11. The molecule has 0 aliphatic rings. The molecule has 1 aromatic heterocycles. The number of para-hydroxylation sites is 1. The average molecular weight is 184 g/mol. The molecule has 0 fully saturated rings. The second-order valence-electron chi connectivity index (χ2n) is 3.08. The van der Waals surface area contributed by atoms with E-state index in [1.165, 1.54) is 5.39 Å². The molecule has 1 aromatic carbocycles. The lowest BCUT2D eigenvalue weighted by Crippen LogP contribution is -1.90. The Kier molecular flexibility index (Phi) is 2.45. The number of pyridine rings is 1. The van der Waals surface area contributed by atoms with Crippen molar-refractivity contribution in [3.63, 3.8) is 0 Å². The fourth-order valence-corrected chi connectivity index (χ4v) is 1.36. The van der Waals surface area contributed by atoms with Gasteiger partial charge in [0.25, 0.3) is 0 Å². The summed E-state index contributed by atoms with van der Waals surface area (Å²) in [7, 11) is 1.88. The van der Waals surface area contributed by atoms with Crippen LogP contribution >= 0.6 is 0 Å². The molecule has 14 heavy (non-hydrogen) atoms. The number of fused-ring (bicyclic) bond motifs is 1. The molecule has 1 N–H and O–H groups in total. The van der Waals surface area contributed by atoms with E-state index < -0.39 is 0 Å². The molecule has 0 aliphatic carbocycles. The zero-order valence-corrected chi connectivity index (χ0v) is 8.07. The van der Waals surface area contributed by atoms with Crippen molar-refractivity contribution in [1.82, 2.24) is 10.3 Å². The Morgan fingerprint density at radius 1 is 1.29 bits per heavy atom. The number of hydrogen-bond donors (Lipinski definition) is 1. The van der Waals surface area contributed by atoms with Crippen molar-refractivity contribution in [2.24, 2.45) is 0 Å². The van der Waals surface area contributed by atoms with Crippen molar-refractivity contribution >= 4 is 17.0 Å². The zero-order valence-electron chi connectivity index (χ0n) is 8.07. The quantitative estimate of drug-likeness (QED) is 0.775. The van der Waals surface area contributed by atoms with Crippen molar-refractivity contribution in [1.29, 1.82) is 0 Å². The van der Waals surface area contributed by atoms with Crippen LogP contribution in [0.5, 0.6) is 0 Å². The molecule has 70 valence electrons. The van der Waals surface area contributed by atoms with Crippen molar-refractivity contribution in [2.75, 3.05) is 7.05 Å². The van der Waals surface area contributed by atoms with Gasteiger partial charge in [-0.2, -0.15) is 0 Å². The summed E-state index contributed by atoms with van der Waals surface area (Å²) >= 11 is 0. The minimum absolute atomic E-state index is 1.04. The first-order chi connectivity index (χ1) is 6.90. The van der Waals surface area contributed by atoms with Gasteiger partial charge in [0.05, 0.1) is 5.52 Å². The first-order valence-corrected chi connectivity index (χ1v) is 4.59. The van der Waals surface area contributed by atoms with E-state index in [4.69, 9.17) is 0 Å². The molecule has 2 nitrogen and oxygen atoms in total. The maximum Gasteiger partial charge on any atom is 0.0702 e. The van der Waals surface area contributed by atoms with Gasteiger partial charge in [0.15, 0.2) is 0 Å². The SMILES string of the molecule is CN/C=C/c1cnc2ccccc2c1. The molecule has 0 amide bonds. The summed E-state index contributed by atoms with van der Waals surface area (Å²) in [5.74, 6) is 0. The van der Waals surface area contributed by atoms with Gasteiger partial charge in [-0.1, -0.05) is 18.2 Å². The number of benzene rings is 1. The third-order valence-corrected chi connectivity index (χ3v) is 2.05. The summed E-state index contributed by atoms with van der Waals surface area (Å²) in [4.78, 5) is 4.36. The van der Waals surface area contributed by atoms with Crippen LogP contribution in [0.2, 0.25) is 0 Å². The summed E-state index contributed by atoms with van der Waals surface area (Å²) in [6, 6.07) is 10.2. The maximum absolute atomic E-state index is 4.36. The van der Waals surface area contributed by atoms with Crippen LogP contribution in [0.15, 0.2) is 42.7 Å². The highest BCUT2D eigenvalue weighted by Crippen LogP contribution is 2.13. The highest BCUT2D eigenvalue weighted by atomic mass is 14.8. The number of nitrogens with zero attached hydrogens (tertiary/aromatic N) is 1. The third kappa shape index (κ3) is 1.74. The predicted octanol–water partition coefficient (Wildman–Crippen LogP) is 2.42. The molecule has 0 atom stereocenters. The standard InChI is InChI=1S/C12H12N2/c1-13-7-6-10-8-11-4-2-3-5-12(11)14-9-10/h2-9,13H,1H3/b7-6+. The molecule has 2 rings (SSSR count). The normalized spacial score (nSPS) is 10.9. The molecule has 0 bridgehead atoms. The van der Waals surface area contributed by atoms with E-state index in [0.717, 1.165) is 11.1 Å². The fourth-order valence-electron chi connectivity index (χ4n) is 1.36. The number of rotatable bonds is 2. The van der Waals surface area contributed by atoms with Gasteiger partial charge in [-0.25, -0.2) is 0 Å². The van der Waals surface area contributed by atoms with E-state index in [0.29, 0.717) is 0 Å². The van der Waals surface area contributed by atoms with E-state index in [1.54, 1.807) is 0 Å². The Bertz CT molecular complexity index is 461. The van der Waals surface area contributed by atoms with Gasteiger partial charge in [-0.15, -0.1) is 0 Å². The van der Waals surface area contributed by atoms with Crippen LogP contribution < -0.4 is 5.32 Å². The van der Waals surface area contributed by atoms with Gasteiger partial charge in [0.1, 0.15) is 0 Å². The third-order valence-electron chi connectivity index (χ3n) is 2.05. The number of nitrogens with one attached hydrogen (secondary N) is 1. The molecule has 2 heteroatoms. The predicted molar refractivity (Wildman–Crippen MR) is 59.8 cm³/mol. The largest absolute Gasteiger partial charge is 0.394 e. The molecule has 0 aliphatic heterocycles. The van der Waals surface area contributed by atoms with Gasteiger partial charge in [-0.3, -0.25) is 4.98 Å². The smallest absolute Gasteiger partial charge is 0.0702 e. The van der Waals surface area contributed by atoms with Gasteiger partial charge >= 0.3 is 0 Å². The molecule has 0 radical (unpaired) electrons. The van der Waals surface area contributed by atoms with Crippen LogP contribution in [-0.2, 0) is 0 Å². The average Bonchev–Trinajstić information content (AvgIpc) is 2.26. The van der Waals surface area contributed by atoms with E-state index >= 15 is 0 Å². The van der Waals surface area contributed by atoms with E-state index in [1.807, 2.05) is 43.7 Å². The second kappa shape index (κ2) is 3.92. The van der Waals surface area contributed by atoms with Crippen molar-refractivity contribution in [3.05, 3.63) is 48.3 Å². The summed E-state index contributed by atoms with van der Waals surface area (Å²) in [5.41, 5.74) is 2.15. The summed E-state index contributed by atoms with van der Waals surface area (Å²) in [5, 5.41) is 4.13. The van der Waals surface area contributed by atoms with Crippen LogP contribution in [0, 0.1) is 0 Å². The molecule has 0 saturated carbocycles. The molecule has 0 unspecified atom stereocenters. The first-order valence-electron chi connectivity index (χ1n) is 4.59. The van der Waals surface area contributed by atoms with Crippen LogP contribution in [0.4, 0.5) is 0 Å². The van der Waals surface area contributed by atoms with Gasteiger partial charge in [-0.05, 0) is 30.0 Å². The molecular formula is C12H12N2. The molecule has 2 aromatic rings. The Labute approximate surface area is 83.3 Å².